The molecule has 0 aliphatic carbocycles. The summed E-state index contributed by atoms with van der Waals surface area (Å²) in [7, 11) is 0. The Morgan fingerprint density at radius 1 is 1.10 bits per heavy atom. The van der Waals surface area contributed by atoms with E-state index in [1.54, 1.807) is 0 Å². The highest BCUT2D eigenvalue weighted by Gasteiger charge is 2.31. The lowest BCUT2D eigenvalue weighted by Gasteiger charge is -2.42. The second kappa shape index (κ2) is 7.06. The molecule has 118 valence electrons. The fourth-order valence-corrected chi connectivity index (χ4v) is 3.29. The van der Waals surface area contributed by atoms with Gasteiger partial charge in [0.15, 0.2) is 0 Å². The summed E-state index contributed by atoms with van der Waals surface area (Å²) in [6, 6.07) is 6.13. The Hall–Kier alpha value is -1.38. The molecule has 1 fully saturated rings. The van der Waals surface area contributed by atoms with Gasteiger partial charge in [-0.15, -0.1) is 0 Å². The summed E-state index contributed by atoms with van der Waals surface area (Å²) in [5, 5.41) is 0. The zero-order valence-electron chi connectivity index (χ0n) is 13.8. The predicted octanol–water partition coefficient (Wildman–Crippen LogP) is 4.46. The third-order valence-corrected chi connectivity index (χ3v) is 5.08. The van der Waals surface area contributed by atoms with Crippen LogP contribution in [0.5, 0.6) is 5.75 Å². The number of nitrogens with two attached hydrogens (primary N) is 1. The first-order chi connectivity index (χ1) is 10.1. The molecule has 0 unspecified atom stereocenters. The third kappa shape index (κ3) is 3.84. The van der Waals surface area contributed by atoms with E-state index in [1.807, 2.05) is 6.07 Å². The fraction of sp³-hybridized carbons (Fsp3) is 0.667. The summed E-state index contributed by atoms with van der Waals surface area (Å²) in [6.07, 6.45) is 6.15. The topological polar surface area (TPSA) is 38.5 Å². The second-order valence-electron chi connectivity index (χ2n) is 6.30. The average molecular weight is 290 g/mol. The van der Waals surface area contributed by atoms with Gasteiger partial charge in [-0.25, -0.2) is 0 Å². The van der Waals surface area contributed by atoms with Crippen molar-refractivity contribution in [2.75, 3.05) is 30.3 Å². The molecule has 0 bridgehead atoms. The van der Waals surface area contributed by atoms with E-state index in [0.717, 1.165) is 37.6 Å². The zero-order valence-corrected chi connectivity index (χ0v) is 13.8. The van der Waals surface area contributed by atoms with Crippen LogP contribution in [0.15, 0.2) is 18.2 Å². The molecule has 1 heterocycles. The second-order valence-corrected chi connectivity index (χ2v) is 6.30. The molecule has 2 rings (SSSR count). The maximum absolute atomic E-state index is 6.04. The van der Waals surface area contributed by atoms with Gasteiger partial charge in [-0.05, 0) is 30.7 Å². The van der Waals surface area contributed by atoms with Crippen molar-refractivity contribution in [3.05, 3.63) is 18.2 Å². The predicted molar refractivity (Wildman–Crippen MR) is 91.1 cm³/mol. The van der Waals surface area contributed by atoms with E-state index in [-0.39, 0.29) is 0 Å². The number of piperidine rings is 1. The van der Waals surface area contributed by atoms with E-state index >= 15 is 0 Å². The molecular weight excluding hydrogens is 260 g/mol. The minimum Gasteiger partial charge on any atom is -0.493 e. The molecule has 0 spiro atoms. The maximum Gasteiger partial charge on any atom is 0.123 e. The molecule has 0 aromatic heterocycles. The van der Waals surface area contributed by atoms with Gasteiger partial charge in [-0.2, -0.15) is 0 Å². The Labute approximate surface area is 129 Å². The van der Waals surface area contributed by atoms with Crippen LogP contribution in [0.4, 0.5) is 11.4 Å². The molecular formula is C18H30N2O. The fourth-order valence-electron chi connectivity index (χ4n) is 3.29. The first kappa shape index (κ1) is 16.0. The van der Waals surface area contributed by atoms with Gasteiger partial charge in [0.05, 0.1) is 6.61 Å². The molecule has 0 saturated carbocycles. The molecule has 1 aromatic carbocycles. The van der Waals surface area contributed by atoms with Gasteiger partial charge in [0.1, 0.15) is 5.75 Å². The Morgan fingerprint density at radius 3 is 2.33 bits per heavy atom. The molecule has 3 heteroatoms. The Balaban J connectivity index is 2.07. The summed E-state index contributed by atoms with van der Waals surface area (Å²) in [4.78, 5) is 2.46. The number of hydrogen-bond donors (Lipinski definition) is 1. The summed E-state index contributed by atoms with van der Waals surface area (Å²) >= 11 is 0. The summed E-state index contributed by atoms with van der Waals surface area (Å²) in [5.41, 5.74) is 8.59. The highest BCUT2D eigenvalue weighted by atomic mass is 16.5. The smallest absolute Gasteiger partial charge is 0.123 e. The SMILES string of the molecule is CCCOc1cc(N)cc(N2CCC(CC)(CC)CC2)c1. The lowest BCUT2D eigenvalue weighted by Crippen LogP contribution is -2.39. The number of nitrogens with zero attached hydrogens (tertiary/aromatic N) is 1. The lowest BCUT2D eigenvalue weighted by molar-refractivity contribution is 0.199. The Morgan fingerprint density at radius 2 is 1.76 bits per heavy atom. The molecule has 0 radical (unpaired) electrons. The third-order valence-electron chi connectivity index (χ3n) is 5.08. The van der Waals surface area contributed by atoms with Crippen LogP contribution in [0, 0.1) is 5.41 Å². The number of hydrogen-bond acceptors (Lipinski definition) is 3. The van der Waals surface area contributed by atoms with Crippen molar-refractivity contribution in [1.82, 2.24) is 0 Å². The molecule has 1 saturated heterocycles. The minimum absolute atomic E-state index is 0.554. The highest BCUT2D eigenvalue weighted by Crippen LogP contribution is 2.39. The molecule has 1 aliphatic heterocycles. The van der Waals surface area contributed by atoms with Crippen LogP contribution in [0.25, 0.3) is 0 Å². The van der Waals surface area contributed by atoms with E-state index < -0.39 is 0 Å². The van der Waals surface area contributed by atoms with Gasteiger partial charge >= 0.3 is 0 Å². The standard InChI is InChI=1S/C18H30N2O/c1-4-11-21-17-13-15(19)12-16(14-17)20-9-7-18(5-2,6-3)8-10-20/h12-14H,4-11,19H2,1-3H3. The van der Waals surface area contributed by atoms with Crippen LogP contribution in [0.2, 0.25) is 0 Å². The highest BCUT2D eigenvalue weighted by molar-refractivity contribution is 5.60. The number of ether oxygens (including phenoxy) is 1. The Kier molecular flexibility index (Phi) is 5.38. The van der Waals surface area contributed by atoms with Gasteiger partial charge in [-0.1, -0.05) is 33.6 Å². The lowest BCUT2D eigenvalue weighted by atomic mass is 9.74. The normalized spacial score (nSPS) is 17.8. The van der Waals surface area contributed by atoms with Crippen molar-refractivity contribution in [1.29, 1.82) is 0 Å². The maximum atomic E-state index is 6.04. The van der Waals surface area contributed by atoms with E-state index in [9.17, 15) is 0 Å². The van der Waals surface area contributed by atoms with Crippen LogP contribution >= 0.6 is 0 Å². The van der Waals surface area contributed by atoms with E-state index in [2.05, 4.69) is 37.8 Å². The van der Waals surface area contributed by atoms with Crippen LogP contribution in [-0.4, -0.2) is 19.7 Å². The van der Waals surface area contributed by atoms with Crippen molar-refractivity contribution < 1.29 is 4.74 Å². The number of rotatable bonds is 6. The van der Waals surface area contributed by atoms with Crippen LogP contribution < -0.4 is 15.4 Å². The summed E-state index contributed by atoms with van der Waals surface area (Å²) in [5.74, 6) is 0.898. The van der Waals surface area contributed by atoms with Gasteiger partial charge in [-0.3, -0.25) is 0 Å². The van der Waals surface area contributed by atoms with Crippen molar-refractivity contribution in [3.8, 4) is 5.75 Å². The van der Waals surface area contributed by atoms with Crippen LogP contribution in [0.3, 0.4) is 0 Å². The Bertz CT molecular complexity index is 445. The van der Waals surface area contributed by atoms with Gasteiger partial charge in [0, 0.05) is 36.6 Å². The minimum atomic E-state index is 0.554. The van der Waals surface area contributed by atoms with Crippen molar-refractivity contribution in [2.24, 2.45) is 5.41 Å². The number of benzene rings is 1. The van der Waals surface area contributed by atoms with Crippen molar-refractivity contribution >= 4 is 11.4 Å². The first-order valence-corrected chi connectivity index (χ1v) is 8.41. The van der Waals surface area contributed by atoms with Crippen LogP contribution in [0.1, 0.15) is 52.9 Å². The molecule has 0 atom stereocenters. The number of nitrogen functional groups attached to an aromatic ring is 1. The average Bonchev–Trinajstić information content (AvgIpc) is 2.52. The van der Waals surface area contributed by atoms with E-state index in [1.165, 1.54) is 31.4 Å². The largest absolute Gasteiger partial charge is 0.493 e. The zero-order chi connectivity index (χ0) is 15.3. The first-order valence-electron chi connectivity index (χ1n) is 8.41. The molecule has 21 heavy (non-hydrogen) atoms. The molecule has 2 N–H and O–H groups in total. The molecule has 0 amide bonds. The molecule has 3 nitrogen and oxygen atoms in total. The quantitative estimate of drug-likeness (QED) is 0.786. The van der Waals surface area contributed by atoms with Crippen molar-refractivity contribution in [2.45, 2.75) is 52.9 Å². The van der Waals surface area contributed by atoms with Gasteiger partial charge in [0.2, 0.25) is 0 Å². The summed E-state index contributed by atoms with van der Waals surface area (Å²) < 4.78 is 5.74. The van der Waals surface area contributed by atoms with E-state index in [0.29, 0.717) is 5.41 Å². The van der Waals surface area contributed by atoms with Crippen molar-refractivity contribution in [3.63, 3.8) is 0 Å². The summed E-state index contributed by atoms with van der Waals surface area (Å²) in [6.45, 7) is 9.77. The monoisotopic (exact) mass is 290 g/mol. The van der Waals surface area contributed by atoms with Gasteiger partial charge < -0.3 is 15.4 Å². The number of anilines is 2. The van der Waals surface area contributed by atoms with E-state index in [4.69, 9.17) is 10.5 Å². The van der Waals surface area contributed by atoms with Crippen LogP contribution in [-0.2, 0) is 0 Å². The molecule has 1 aliphatic rings. The molecule has 1 aromatic rings. The van der Waals surface area contributed by atoms with Gasteiger partial charge in [0.25, 0.3) is 0 Å².